The fraction of sp³-hybridized carbons (Fsp3) is 0.312. The van der Waals surface area contributed by atoms with E-state index in [2.05, 4.69) is 15.6 Å². The highest BCUT2D eigenvalue weighted by Gasteiger charge is 2.21. The lowest BCUT2D eigenvalue weighted by Gasteiger charge is -2.24. The van der Waals surface area contributed by atoms with Gasteiger partial charge < -0.3 is 36.1 Å². The number of benzene rings is 3. The highest BCUT2D eigenvalue weighted by molar-refractivity contribution is 6.08. The van der Waals surface area contributed by atoms with Crippen LogP contribution in [0.1, 0.15) is 53.9 Å². The number of carbonyl (C=O) groups is 1. The van der Waals surface area contributed by atoms with Crippen molar-refractivity contribution in [2.24, 2.45) is 5.73 Å². The third kappa shape index (κ3) is 6.77. The smallest absolute Gasteiger partial charge is 0.252 e. The number of primary amides is 1. The number of anilines is 2. The maximum Gasteiger partial charge on any atom is 0.252 e. The Morgan fingerprint density at radius 2 is 1.71 bits per heavy atom. The Hall–Kier alpha value is -4.18. The van der Waals surface area contributed by atoms with E-state index < -0.39 is 18.1 Å². The SMILES string of the molecule is CCOc1cc2ncc(C(N)=O)c(Nc3cccc(CNC(CO)C(O)c4ccccc4)c3CC)c2cc1OCC. The fourth-order valence-electron chi connectivity index (χ4n) is 4.93. The molecule has 4 aromatic rings. The lowest BCUT2D eigenvalue weighted by molar-refractivity contribution is 0.0891. The summed E-state index contributed by atoms with van der Waals surface area (Å²) in [6.07, 6.45) is 1.30. The average molecular weight is 559 g/mol. The average Bonchev–Trinajstić information content (AvgIpc) is 2.98. The number of ether oxygens (including phenoxy) is 2. The largest absolute Gasteiger partial charge is 0.490 e. The third-order valence-electron chi connectivity index (χ3n) is 6.96. The molecule has 0 aliphatic carbocycles. The molecule has 0 fully saturated rings. The number of rotatable bonds is 14. The number of nitrogens with one attached hydrogen (secondary N) is 2. The van der Waals surface area contributed by atoms with Crippen LogP contribution >= 0.6 is 0 Å². The molecule has 0 saturated heterocycles. The molecule has 1 amide bonds. The Bertz CT molecular complexity index is 1480. The minimum Gasteiger partial charge on any atom is -0.490 e. The predicted octanol–water partition coefficient (Wildman–Crippen LogP) is 4.62. The summed E-state index contributed by atoms with van der Waals surface area (Å²) >= 11 is 0. The molecule has 0 aliphatic rings. The van der Waals surface area contributed by atoms with Gasteiger partial charge in [-0.25, -0.2) is 0 Å². The van der Waals surface area contributed by atoms with Gasteiger partial charge in [-0.2, -0.15) is 0 Å². The summed E-state index contributed by atoms with van der Waals surface area (Å²) < 4.78 is 11.6. The second-order valence-corrected chi connectivity index (χ2v) is 9.54. The Morgan fingerprint density at radius 3 is 2.34 bits per heavy atom. The molecule has 41 heavy (non-hydrogen) atoms. The van der Waals surface area contributed by atoms with E-state index >= 15 is 0 Å². The second kappa shape index (κ2) is 13.9. The van der Waals surface area contributed by atoms with Crippen LogP contribution < -0.4 is 25.8 Å². The molecular formula is C32H38N4O5. The zero-order valence-corrected chi connectivity index (χ0v) is 23.7. The van der Waals surface area contributed by atoms with Crippen molar-refractivity contribution in [2.45, 2.75) is 45.9 Å². The van der Waals surface area contributed by atoms with Crippen molar-refractivity contribution in [1.29, 1.82) is 0 Å². The lowest BCUT2D eigenvalue weighted by atomic mass is 9.99. The molecule has 0 saturated carbocycles. The van der Waals surface area contributed by atoms with Crippen molar-refractivity contribution in [3.63, 3.8) is 0 Å². The highest BCUT2D eigenvalue weighted by Crippen LogP contribution is 2.38. The fourth-order valence-corrected chi connectivity index (χ4v) is 4.93. The van der Waals surface area contributed by atoms with E-state index in [0.717, 1.165) is 22.4 Å². The van der Waals surface area contributed by atoms with Crippen LogP contribution in [0.15, 0.2) is 66.9 Å². The summed E-state index contributed by atoms with van der Waals surface area (Å²) in [6.45, 7) is 6.94. The van der Waals surface area contributed by atoms with Crippen molar-refractivity contribution < 1.29 is 24.5 Å². The van der Waals surface area contributed by atoms with Crippen molar-refractivity contribution in [1.82, 2.24) is 10.3 Å². The molecule has 2 atom stereocenters. The van der Waals surface area contributed by atoms with E-state index in [9.17, 15) is 15.0 Å². The second-order valence-electron chi connectivity index (χ2n) is 9.54. The predicted molar refractivity (Wildman–Crippen MR) is 161 cm³/mol. The molecule has 4 rings (SSSR count). The normalized spacial score (nSPS) is 12.6. The van der Waals surface area contributed by atoms with Crippen LogP contribution in [0, 0.1) is 0 Å². The first-order valence-corrected chi connectivity index (χ1v) is 13.9. The van der Waals surface area contributed by atoms with E-state index in [4.69, 9.17) is 15.2 Å². The molecule has 6 N–H and O–H groups in total. The van der Waals surface area contributed by atoms with Crippen LogP contribution in [0.4, 0.5) is 11.4 Å². The number of amides is 1. The van der Waals surface area contributed by atoms with Gasteiger partial charge in [-0.1, -0.05) is 49.4 Å². The standard InChI is InChI=1S/C32H38N4O5/c1-4-22-21(17-34-27(19-37)31(38)20-11-8-7-9-12-20)13-10-14-25(22)36-30-23-15-28(40-5-2)29(41-6-3)16-26(23)35-18-24(30)32(33)39/h7-16,18,27,31,34,37-38H,4-6,17,19H2,1-3H3,(H2,33,39)(H,35,36). The van der Waals surface area contributed by atoms with Gasteiger partial charge in [0, 0.05) is 29.9 Å². The van der Waals surface area contributed by atoms with Crippen LogP contribution in [-0.4, -0.2) is 47.0 Å². The van der Waals surface area contributed by atoms with E-state index in [1.54, 1.807) is 6.07 Å². The van der Waals surface area contributed by atoms with Crippen LogP contribution in [0.25, 0.3) is 10.9 Å². The third-order valence-corrected chi connectivity index (χ3v) is 6.96. The van der Waals surface area contributed by atoms with Gasteiger partial charge >= 0.3 is 0 Å². The van der Waals surface area contributed by atoms with Crippen molar-refractivity contribution in [3.05, 3.63) is 89.1 Å². The molecule has 2 unspecified atom stereocenters. The number of aliphatic hydroxyl groups excluding tert-OH is 2. The maximum atomic E-state index is 12.5. The summed E-state index contributed by atoms with van der Waals surface area (Å²) in [7, 11) is 0. The van der Waals surface area contributed by atoms with E-state index in [0.29, 0.717) is 54.3 Å². The quantitative estimate of drug-likeness (QED) is 0.151. The number of nitrogens with two attached hydrogens (primary N) is 1. The molecule has 0 bridgehead atoms. The minimum atomic E-state index is -0.866. The van der Waals surface area contributed by atoms with Gasteiger partial charge in [0.25, 0.3) is 5.91 Å². The number of hydrogen-bond donors (Lipinski definition) is 5. The molecular weight excluding hydrogens is 520 g/mol. The van der Waals surface area contributed by atoms with Gasteiger partial charge in [0.1, 0.15) is 0 Å². The molecule has 1 aromatic heterocycles. The van der Waals surface area contributed by atoms with Gasteiger partial charge in [0.2, 0.25) is 0 Å². The summed E-state index contributed by atoms with van der Waals surface area (Å²) in [5.41, 5.74) is 10.7. The van der Waals surface area contributed by atoms with Gasteiger partial charge in [-0.3, -0.25) is 9.78 Å². The summed E-state index contributed by atoms with van der Waals surface area (Å²) in [5, 5.41) is 28.3. The van der Waals surface area contributed by atoms with E-state index in [-0.39, 0.29) is 12.2 Å². The molecule has 3 aromatic carbocycles. The first kappa shape index (κ1) is 29.8. The van der Waals surface area contributed by atoms with Gasteiger partial charge in [0.15, 0.2) is 11.5 Å². The number of nitrogens with zero attached hydrogens (tertiary/aromatic N) is 1. The minimum absolute atomic E-state index is 0.230. The van der Waals surface area contributed by atoms with Gasteiger partial charge in [-0.05, 0) is 49.1 Å². The number of aliphatic hydroxyl groups is 2. The molecule has 1 heterocycles. The first-order valence-electron chi connectivity index (χ1n) is 13.9. The molecule has 216 valence electrons. The summed E-state index contributed by atoms with van der Waals surface area (Å²) in [6, 6.07) is 18.2. The summed E-state index contributed by atoms with van der Waals surface area (Å²) in [5.74, 6) is 0.518. The number of hydrogen-bond acceptors (Lipinski definition) is 8. The molecule has 0 spiro atoms. The molecule has 9 heteroatoms. The number of aromatic nitrogens is 1. The first-order chi connectivity index (χ1) is 19.9. The van der Waals surface area contributed by atoms with Crippen LogP contribution in [-0.2, 0) is 13.0 Å². The number of pyridine rings is 1. The Balaban J connectivity index is 1.70. The zero-order valence-electron chi connectivity index (χ0n) is 23.7. The molecule has 0 aliphatic heterocycles. The van der Waals surface area contributed by atoms with E-state index in [1.165, 1.54) is 6.20 Å². The number of carbonyl (C=O) groups excluding carboxylic acids is 1. The molecule has 0 radical (unpaired) electrons. The lowest BCUT2D eigenvalue weighted by Crippen LogP contribution is -2.37. The van der Waals surface area contributed by atoms with E-state index in [1.807, 2.05) is 75.4 Å². The van der Waals surface area contributed by atoms with Crippen LogP contribution in [0.5, 0.6) is 11.5 Å². The van der Waals surface area contributed by atoms with Gasteiger partial charge in [-0.15, -0.1) is 0 Å². The summed E-state index contributed by atoms with van der Waals surface area (Å²) in [4.78, 5) is 17.0. The molecule has 9 nitrogen and oxygen atoms in total. The van der Waals surface area contributed by atoms with Crippen molar-refractivity contribution in [2.75, 3.05) is 25.1 Å². The monoisotopic (exact) mass is 558 g/mol. The topological polar surface area (TPSA) is 139 Å². The highest BCUT2D eigenvalue weighted by atomic mass is 16.5. The number of fused-ring (bicyclic) bond motifs is 1. The van der Waals surface area contributed by atoms with Crippen LogP contribution in [0.2, 0.25) is 0 Å². The van der Waals surface area contributed by atoms with Crippen molar-refractivity contribution in [3.8, 4) is 11.5 Å². The van der Waals surface area contributed by atoms with Crippen molar-refractivity contribution >= 4 is 28.2 Å². The zero-order chi connectivity index (χ0) is 29.4. The Morgan fingerprint density at radius 1 is 1.00 bits per heavy atom. The maximum absolute atomic E-state index is 12.5. The Kier molecular flexibility index (Phi) is 10.1. The van der Waals surface area contributed by atoms with Gasteiger partial charge in [0.05, 0.1) is 48.7 Å². The van der Waals surface area contributed by atoms with Crippen LogP contribution in [0.3, 0.4) is 0 Å². The Labute approximate surface area is 240 Å².